The maximum absolute atomic E-state index is 12.8. The van der Waals surface area contributed by atoms with Gasteiger partial charge in [0.15, 0.2) is 0 Å². The van der Waals surface area contributed by atoms with Gasteiger partial charge in [0.2, 0.25) is 0 Å². The summed E-state index contributed by atoms with van der Waals surface area (Å²) in [6.07, 6.45) is -3.69. The van der Waals surface area contributed by atoms with Gasteiger partial charge in [-0.15, -0.1) is 0 Å². The van der Waals surface area contributed by atoms with E-state index in [2.05, 4.69) is 5.10 Å². The molecule has 0 amide bonds. The largest absolute Gasteiger partial charge is 0.506 e. The van der Waals surface area contributed by atoms with Crippen LogP contribution in [0.4, 0.5) is 13.2 Å². The SMILES string of the molecule is O=c1cc(O)cnn1-c1ccccc1C(F)(F)F. The monoisotopic (exact) mass is 256 g/mol. The predicted molar refractivity (Wildman–Crippen MR) is 56.5 cm³/mol. The first-order chi connectivity index (χ1) is 8.39. The van der Waals surface area contributed by atoms with Crippen molar-refractivity contribution in [2.24, 2.45) is 0 Å². The second-order valence-electron chi connectivity index (χ2n) is 3.48. The Morgan fingerprint density at radius 1 is 1.22 bits per heavy atom. The average Bonchev–Trinajstić information content (AvgIpc) is 2.28. The number of halogens is 3. The van der Waals surface area contributed by atoms with Crippen LogP contribution in [0.25, 0.3) is 5.69 Å². The molecule has 0 aliphatic heterocycles. The highest BCUT2D eigenvalue weighted by Gasteiger charge is 2.34. The van der Waals surface area contributed by atoms with Gasteiger partial charge in [-0.1, -0.05) is 12.1 Å². The summed E-state index contributed by atoms with van der Waals surface area (Å²) in [7, 11) is 0. The Hall–Kier alpha value is -2.31. The van der Waals surface area contributed by atoms with Crippen molar-refractivity contribution in [3.05, 3.63) is 52.4 Å². The molecule has 94 valence electrons. The quantitative estimate of drug-likeness (QED) is 0.848. The molecule has 18 heavy (non-hydrogen) atoms. The number of rotatable bonds is 1. The molecule has 0 spiro atoms. The molecule has 4 nitrogen and oxygen atoms in total. The molecule has 0 fully saturated rings. The Kier molecular flexibility index (Phi) is 2.82. The smallest absolute Gasteiger partial charge is 0.418 e. The molecule has 2 rings (SSSR count). The molecule has 7 heteroatoms. The van der Waals surface area contributed by atoms with E-state index in [4.69, 9.17) is 5.11 Å². The van der Waals surface area contributed by atoms with Gasteiger partial charge < -0.3 is 5.11 Å². The summed E-state index contributed by atoms with van der Waals surface area (Å²) in [5, 5.41) is 12.5. The second-order valence-corrected chi connectivity index (χ2v) is 3.48. The molecule has 1 aromatic carbocycles. The van der Waals surface area contributed by atoms with Gasteiger partial charge in [0, 0.05) is 6.07 Å². The Morgan fingerprint density at radius 2 is 1.89 bits per heavy atom. The molecule has 1 N–H and O–H groups in total. The van der Waals surface area contributed by atoms with E-state index in [1.165, 1.54) is 12.1 Å². The molecule has 1 heterocycles. The van der Waals surface area contributed by atoms with Gasteiger partial charge in [0.25, 0.3) is 5.56 Å². The van der Waals surface area contributed by atoms with E-state index < -0.39 is 23.0 Å². The molecular weight excluding hydrogens is 249 g/mol. The van der Waals surface area contributed by atoms with Gasteiger partial charge in [0.05, 0.1) is 17.4 Å². The van der Waals surface area contributed by atoms with Gasteiger partial charge in [-0.3, -0.25) is 4.79 Å². The lowest BCUT2D eigenvalue weighted by molar-refractivity contribution is -0.137. The van der Waals surface area contributed by atoms with Crippen LogP contribution in [0.5, 0.6) is 5.75 Å². The summed E-state index contributed by atoms with van der Waals surface area (Å²) >= 11 is 0. The highest BCUT2D eigenvalue weighted by molar-refractivity contribution is 5.42. The molecule has 1 aromatic heterocycles. The molecule has 0 unspecified atom stereocenters. The Bertz CT molecular complexity index is 635. The Balaban J connectivity index is 2.69. The zero-order valence-electron chi connectivity index (χ0n) is 8.85. The van der Waals surface area contributed by atoms with Crippen molar-refractivity contribution >= 4 is 0 Å². The summed E-state index contributed by atoms with van der Waals surface area (Å²) in [5.41, 5.74) is -2.19. The predicted octanol–water partition coefficient (Wildman–Crippen LogP) is 1.96. The molecule has 0 saturated heterocycles. The highest BCUT2D eigenvalue weighted by atomic mass is 19.4. The third kappa shape index (κ3) is 2.20. The number of aromatic nitrogens is 2. The van der Waals surface area contributed by atoms with E-state index in [0.29, 0.717) is 4.68 Å². The van der Waals surface area contributed by atoms with Gasteiger partial charge >= 0.3 is 6.18 Å². The first kappa shape index (κ1) is 12.2. The molecular formula is C11H7F3N2O2. The lowest BCUT2D eigenvalue weighted by Crippen LogP contribution is -2.22. The summed E-state index contributed by atoms with van der Waals surface area (Å²) in [6.45, 7) is 0. The van der Waals surface area contributed by atoms with Crippen LogP contribution in [0, 0.1) is 0 Å². The molecule has 0 radical (unpaired) electrons. The van der Waals surface area contributed by atoms with E-state index in [0.717, 1.165) is 24.4 Å². The number of hydrogen-bond acceptors (Lipinski definition) is 3. The number of aromatic hydroxyl groups is 1. The van der Waals surface area contributed by atoms with Crippen LogP contribution in [-0.4, -0.2) is 14.9 Å². The minimum Gasteiger partial charge on any atom is -0.506 e. The minimum absolute atomic E-state index is 0.380. The van der Waals surface area contributed by atoms with Crippen molar-refractivity contribution in [2.45, 2.75) is 6.18 Å². The lowest BCUT2D eigenvalue weighted by Gasteiger charge is -2.12. The fourth-order valence-electron chi connectivity index (χ4n) is 1.48. The van der Waals surface area contributed by atoms with Crippen LogP contribution >= 0.6 is 0 Å². The van der Waals surface area contributed by atoms with Gasteiger partial charge in [-0.05, 0) is 12.1 Å². The fraction of sp³-hybridized carbons (Fsp3) is 0.0909. The first-order valence-electron chi connectivity index (χ1n) is 4.84. The van der Waals surface area contributed by atoms with E-state index >= 15 is 0 Å². The Labute approximate surface area is 98.9 Å². The van der Waals surface area contributed by atoms with Crippen LogP contribution in [-0.2, 0) is 6.18 Å². The van der Waals surface area contributed by atoms with Crippen molar-refractivity contribution in [3.63, 3.8) is 0 Å². The van der Waals surface area contributed by atoms with Crippen LogP contribution in [0.2, 0.25) is 0 Å². The fourth-order valence-corrected chi connectivity index (χ4v) is 1.48. The van der Waals surface area contributed by atoms with Crippen LogP contribution in [0.1, 0.15) is 5.56 Å². The van der Waals surface area contributed by atoms with Crippen molar-refractivity contribution in [3.8, 4) is 11.4 Å². The molecule has 0 aliphatic carbocycles. The number of nitrogens with zero attached hydrogens (tertiary/aromatic N) is 2. The van der Waals surface area contributed by atoms with Crippen molar-refractivity contribution in [1.82, 2.24) is 9.78 Å². The molecule has 0 atom stereocenters. The summed E-state index contributed by atoms with van der Waals surface area (Å²) in [5.74, 6) is -0.402. The summed E-state index contributed by atoms with van der Waals surface area (Å²) < 4.78 is 38.8. The second kappa shape index (κ2) is 4.17. The van der Waals surface area contributed by atoms with Crippen LogP contribution in [0.15, 0.2) is 41.3 Å². The zero-order valence-corrected chi connectivity index (χ0v) is 8.85. The number of alkyl halides is 3. The van der Waals surface area contributed by atoms with E-state index in [1.54, 1.807) is 0 Å². The number of benzene rings is 1. The maximum Gasteiger partial charge on any atom is 0.418 e. The molecule has 2 aromatic rings. The van der Waals surface area contributed by atoms with E-state index in [-0.39, 0.29) is 5.69 Å². The van der Waals surface area contributed by atoms with E-state index in [1.807, 2.05) is 0 Å². The number of hydrogen-bond donors (Lipinski definition) is 1. The topological polar surface area (TPSA) is 55.1 Å². The van der Waals surface area contributed by atoms with Gasteiger partial charge in [-0.2, -0.15) is 23.0 Å². The average molecular weight is 256 g/mol. The van der Waals surface area contributed by atoms with Gasteiger partial charge in [0.1, 0.15) is 5.75 Å². The van der Waals surface area contributed by atoms with Crippen molar-refractivity contribution in [2.75, 3.05) is 0 Å². The maximum atomic E-state index is 12.8. The van der Waals surface area contributed by atoms with Crippen LogP contribution < -0.4 is 5.56 Å². The van der Waals surface area contributed by atoms with Gasteiger partial charge in [-0.25, -0.2) is 0 Å². The summed E-state index contributed by atoms with van der Waals surface area (Å²) in [4.78, 5) is 11.5. The first-order valence-corrected chi connectivity index (χ1v) is 4.84. The summed E-state index contributed by atoms with van der Waals surface area (Å²) in [6, 6.07) is 5.37. The third-order valence-corrected chi connectivity index (χ3v) is 2.22. The highest BCUT2D eigenvalue weighted by Crippen LogP contribution is 2.32. The molecule has 0 saturated carbocycles. The van der Waals surface area contributed by atoms with E-state index in [9.17, 15) is 18.0 Å². The normalized spacial score (nSPS) is 11.5. The van der Waals surface area contributed by atoms with Crippen molar-refractivity contribution in [1.29, 1.82) is 0 Å². The molecule has 0 aliphatic rings. The Morgan fingerprint density at radius 3 is 2.50 bits per heavy atom. The molecule has 0 bridgehead atoms. The third-order valence-electron chi connectivity index (χ3n) is 2.22. The van der Waals surface area contributed by atoms with Crippen LogP contribution in [0.3, 0.4) is 0 Å². The standard InChI is InChI=1S/C11H7F3N2O2/c12-11(13,14)8-3-1-2-4-9(8)16-10(18)5-7(17)6-15-16/h1-6,17H. The lowest BCUT2D eigenvalue weighted by atomic mass is 10.1. The number of para-hydroxylation sites is 1. The van der Waals surface area contributed by atoms with Crippen molar-refractivity contribution < 1.29 is 18.3 Å². The minimum atomic E-state index is -4.59. The zero-order chi connectivity index (χ0) is 13.3.